The van der Waals surface area contributed by atoms with Crippen LogP contribution in [0.25, 0.3) is 0 Å². The molecule has 0 fully saturated rings. The van der Waals surface area contributed by atoms with Crippen LogP contribution in [0.15, 0.2) is 18.2 Å². The Balaban J connectivity index is 2.61. The fourth-order valence-electron chi connectivity index (χ4n) is 1.39. The molecule has 1 rings (SSSR count). The smallest absolute Gasteiger partial charge is 0.304 e. The number of aromatic hydroxyl groups is 2. The Hall–Kier alpha value is -1.75. The summed E-state index contributed by atoms with van der Waals surface area (Å²) in [6, 6.07) is 4.03. The van der Waals surface area contributed by atoms with Crippen molar-refractivity contribution in [3.8, 4) is 11.5 Å². The number of hydrogen-bond acceptors (Lipinski definition) is 4. The van der Waals surface area contributed by atoms with Gasteiger partial charge in [-0.1, -0.05) is 0 Å². The van der Waals surface area contributed by atoms with Gasteiger partial charge in [-0.25, -0.2) is 0 Å². The summed E-state index contributed by atoms with van der Waals surface area (Å²) in [6.07, 6.45) is 0.0178. The molecule has 0 aromatic heterocycles. The summed E-state index contributed by atoms with van der Waals surface area (Å²) < 4.78 is 0. The maximum Gasteiger partial charge on any atom is 0.304 e. The average molecular weight is 225 g/mol. The lowest BCUT2D eigenvalue weighted by Crippen LogP contribution is -2.21. The SMILES string of the molecule is CC(NCCC(=O)O)c1cc(O)ccc1O. The van der Waals surface area contributed by atoms with Gasteiger partial charge in [0.2, 0.25) is 0 Å². The molecule has 0 aliphatic heterocycles. The molecule has 0 radical (unpaired) electrons. The van der Waals surface area contributed by atoms with Crippen molar-refractivity contribution >= 4 is 5.97 Å². The fraction of sp³-hybridized carbons (Fsp3) is 0.364. The third kappa shape index (κ3) is 3.43. The Morgan fingerprint density at radius 1 is 1.44 bits per heavy atom. The average Bonchev–Trinajstić information content (AvgIpc) is 2.21. The zero-order valence-electron chi connectivity index (χ0n) is 8.97. The molecule has 5 heteroatoms. The molecule has 1 atom stereocenters. The number of phenols is 2. The van der Waals surface area contributed by atoms with Crippen molar-refractivity contribution in [2.75, 3.05) is 6.54 Å². The zero-order chi connectivity index (χ0) is 12.1. The van der Waals surface area contributed by atoms with Crippen LogP contribution in [-0.2, 0) is 4.79 Å². The molecule has 0 amide bonds. The van der Waals surface area contributed by atoms with Crippen LogP contribution in [0, 0.1) is 0 Å². The molecule has 88 valence electrons. The molecular formula is C11H15NO4. The van der Waals surface area contributed by atoms with Crippen molar-refractivity contribution < 1.29 is 20.1 Å². The molecular weight excluding hydrogens is 210 g/mol. The van der Waals surface area contributed by atoms with Crippen LogP contribution in [0.5, 0.6) is 11.5 Å². The second-order valence-corrected chi connectivity index (χ2v) is 3.56. The van der Waals surface area contributed by atoms with Gasteiger partial charge in [-0.3, -0.25) is 4.79 Å². The molecule has 0 aliphatic rings. The third-order valence-corrected chi connectivity index (χ3v) is 2.27. The van der Waals surface area contributed by atoms with E-state index in [9.17, 15) is 15.0 Å². The number of nitrogens with one attached hydrogen (secondary N) is 1. The second-order valence-electron chi connectivity index (χ2n) is 3.56. The first-order chi connectivity index (χ1) is 7.50. The fourth-order valence-corrected chi connectivity index (χ4v) is 1.39. The van der Waals surface area contributed by atoms with Crippen LogP contribution < -0.4 is 5.32 Å². The van der Waals surface area contributed by atoms with E-state index in [1.807, 2.05) is 0 Å². The minimum Gasteiger partial charge on any atom is -0.508 e. The minimum absolute atomic E-state index is 0.0178. The summed E-state index contributed by atoms with van der Waals surface area (Å²) in [6.45, 7) is 2.10. The summed E-state index contributed by atoms with van der Waals surface area (Å²) in [5.74, 6) is -0.729. The van der Waals surface area contributed by atoms with Crippen molar-refractivity contribution in [1.82, 2.24) is 5.32 Å². The van der Waals surface area contributed by atoms with Crippen molar-refractivity contribution in [3.63, 3.8) is 0 Å². The van der Waals surface area contributed by atoms with Gasteiger partial charge >= 0.3 is 5.97 Å². The number of carboxylic acids is 1. The van der Waals surface area contributed by atoms with E-state index in [4.69, 9.17) is 5.11 Å². The number of phenolic OH excluding ortho intramolecular Hbond substituents is 2. The van der Waals surface area contributed by atoms with Crippen LogP contribution in [-0.4, -0.2) is 27.8 Å². The summed E-state index contributed by atoms with van der Waals surface area (Å²) in [5, 5.41) is 30.2. The number of benzene rings is 1. The van der Waals surface area contributed by atoms with Crippen molar-refractivity contribution in [2.45, 2.75) is 19.4 Å². The third-order valence-electron chi connectivity index (χ3n) is 2.27. The highest BCUT2D eigenvalue weighted by Crippen LogP contribution is 2.27. The molecule has 0 saturated heterocycles. The van der Waals surface area contributed by atoms with Crippen LogP contribution in [0.4, 0.5) is 0 Å². The first-order valence-corrected chi connectivity index (χ1v) is 4.97. The number of aliphatic carboxylic acids is 1. The van der Waals surface area contributed by atoms with Crippen LogP contribution in [0.2, 0.25) is 0 Å². The molecule has 0 aliphatic carbocycles. The highest BCUT2D eigenvalue weighted by atomic mass is 16.4. The molecule has 0 saturated carbocycles. The molecule has 0 heterocycles. The number of rotatable bonds is 5. The van der Waals surface area contributed by atoms with E-state index in [0.29, 0.717) is 12.1 Å². The second kappa shape index (κ2) is 5.37. The first kappa shape index (κ1) is 12.3. The van der Waals surface area contributed by atoms with Gasteiger partial charge < -0.3 is 20.6 Å². The molecule has 5 nitrogen and oxygen atoms in total. The normalized spacial score (nSPS) is 12.3. The lowest BCUT2D eigenvalue weighted by molar-refractivity contribution is -0.136. The van der Waals surface area contributed by atoms with Crippen molar-refractivity contribution in [1.29, 1.82) is 0 Å². The van der Waals surface area contributed by atoms with E-state index in [1.54, 1.807) is 6.92 Å². The summed E-state index contributed by atoms with van der Waals surface area (Å²) >= 11 is 0. The van der Waals surface area contributed by atoms with Crippen molar-refractivity contribution in [2.24, 2.45) is 0 Å². The monoisotopic (exact) mass is 225 g/mol. The lowest BCUT2D eigenvalue weighted by atomic mass is 10.1. The zero-order valence-corrected chi connectivity index (χ0v) is 8.97. The van der Waals surface area contributed by atoms with Gasteiger partial charge in [-0.2, -0.15) is 0 Å². The molecule has 1 aromatic carbocycles. The van der Waals surface area contributed by atoms with Crippen LogP contribution >= 0.6 is 0 Å². The quantitative estimate of drug-likeness (QED) is 0.566. The molecule has 4 N–H and O–H groups in total. The van der Waals surface area contributed by atoms with E-state index in [1.165, 1.54) is 18.2 Å². The molecule has 0 bridgehead atoms. The topological polar surface area (TPSA) is 89.8 Å². The van der Waals surface area contributed by atoms with Gasteiger partial charge in [0.15, 0.2) is 0 Å². The largest absolute Gasteiger partial charge is 0.508 e. The van der Waals surface area contributed by atoms with Gasteiger partial charge in [0.05, 0.1) is 6.42 Å². The van der Waals surface area contributed by atoms with Gasteiger partial charge in [-0.05, 0) is 25.1 Å². The predicted octanol–water partition coefficient (Wildman–Crippen LogP) is 1.22. The van der Waals surface area contributed by atoms with Crippen LogP contribution in [0.1, 0.15) is 24.9 Å². The number of carboxylic acid groups (broad SMARTS) is 1. The summed E-state index contributed by atoms with van der Waals surface area (Å²) in [4.78, 5) is 10.3. The Labute approximate surface area is 93.4 Å². The van der Waals surface area contributed by atoms with Crippen molar-refractivity contribution in [3.05, 3.63) is 23.8 Å². The minimum atomic E-state index is -0.875. The van der Waals surface area contributed by atoms with E-state index in [0.717, 1.165) is 0 Å². The van der Waals surface area contributed by atoms with Gasteiger partial charge in [0, 0.05) is 18.2 Å². The lowest BCUT2D eigenvalue weighted by Gasteiger charge is -2.15. The Kier molecular flexibility index (Phi) is 4.13. The number of carbonyl (C=O) groups is 1. The Morgan fingerprint density at radius 3 is 2.75 bits per heavy atom. The molecule has 0 spiro atoms. The van der Waals surface area contributed by atoms with Crippen LogP contribution in [0.3, 0.4) is 0 Å². The molecule has 16 heavy (non-hydrogen) atoms. The summed E-state index contributed by atoms with van der Waals surface area (Å²) in [7, 11) is 0. The summed E-state index contributed by atoms with van der Waals surface area (Å²) in [5.41, 5.74) is 0.547. The Morgan fingerprint density at radius 2 is 2.12 bits per heavy atom. The standard InChI is InChI=1S/C11H15NO4/c1-7(12-5-4-11(15)16)9-6-8(13)2-3-10(9)14/h2-3,6-7,12-14H,4-5H2,1H3,(H,15,16). The molecule has 1 aromatic rings. The maximum absolute atomic E-state index is 10.3. The van der Waals surface area contributed by atoms with E-state index in [-0.39, 0.29) is 24.0 Å². The van der Waals surface area contributed by atoms with Gasteiger partial charge in [-0.15, -0.1) is 0 Å². The maximum atomic E-state index is 10.3. The van der Waals surface area contributed by atoms with E-state index in [2.05, 4.69) is 5.32 Å². The number of hydrogen-bond donors (Lipinski definition) is 4. The molecule has 1 unspecified atom stereocenters. The van der Waals surface area contributed by atoms with Gasteiger partial charge in [0.25, 0.3) is 0 Å². The van der Waals surface area contributed by atoms with E-state index < -0.39 is 5.97 Å². The van der Waals surface area contributed by atoms with Gasteiger partial charge in [0.1, 0.15) is 11.5 Å². The highest BCUT2D eigenvalue weighted by molar-refractivity contribution is 5.66. The Bertz CT molecular complexity index is 378. The van der Waals surface area contributed by atoms with E-state index >= 15 is 0 Å². The predicted molar refractivity (Wildman–Crippen MR) is 58.4 cm³/mol. The first-order valence-electron chi connectivity index (χ1n) is 4.97. The highest BCUT2D eigenvalue weighted by Gasteiger charge is 2.10.